The van der Waals surface area contributed by atoms with Gasteiger partial charge < -0.3 is 5.32 Å². The number of benzene rings is 1. The lowest BCUT2D eigenvalue weighted by Crippen LogP contribution is -2.19. The molecular formula is C17H21ClN2. The average Bonchev–Trinajstić information content (AvgIpc) is 2.45. The van der Waals surface area contributed by atoms with Gasteiger partial charge in [-0.05, 0) is 55.6 Å². The Hall–Kier alpha value is -1.38. The number of rotatable bonds is 5. The molecule has 106 valence electrons. The van der Waals surface area contributed by atoms with Crippen molar-refractivity contribution in [1.82, 2.24) is 10.3 Å². The number of nitrogens with one attached hydrogen (secondary N) is 1. The van der Waals surface area contributed by atoms with Gasteiger partial charge in [0, 0.05) is 29.0 Å². The maximum Gasteiger partial charge on any atom is 0.0459 e. The van der Waals surface area contributed by atoms with Crippen molar-refractivity contribution in [3.8, 4) is 11.1 Å². The van der Waals surface area contributed by atoms with Gasteiger partial charge in [-0.1, -0.05) is 30.7 Å². The molecule has 1 unspecified atom stereocenters. The number of pyridine rings is 1. The van der Waals surface area contributed by atoms with Crippen LogP contribution in [-0.4, -0.2) is 11.5 Å². The summed E-state index contributed by atoms with van der Waals surface area (Å²) < 4.78 is 0. The third-order valence-corrected chi connectivity index (χ3v) is 3.84. The third-order valence-electron chi connectivity index (χ3n) is 3.52. The average molecular weight is 289 g/mol. The second-order valence-electron chi connectivity index (χ2n) is 5.10. The normalized spacial score (nSPS) is 12.4. The van der Waals surface area contributed by atoms with Crippen LogP contribution >= 0.6 is 11.6 Å². The molecule has 0 bridgehead atoms. The quantitative estimate of drug-likeness (QED) is 0.857. The molecule has 0 aliphatic heterocycles. The number of aromatic nitrogens is 1. The largest absolute Gasteiger partial charge is 0.310 e. The minimum atomic E-state index is 0.270. The van der Waals surface area contributed by atoms with Gasteiger partial charge in [0.25, 0.3) is 0 Å². The molecule has 1 atom stereocenters. The molecule has 3 heteroatoms. The predicted octanol–water partition coefficient (Wildman–Crippen LogP) is 4.77. The molecule has 0 amide bonds. The Morgan fingerprint density at radius 2 is 2.10 bits per heavy atom. The fourth-order valence-corrected chi connectivity index (χ4v) is 2.63. The summed E-state index contributed by atoms with van der Waals surface area (Å²) in [5.74, 6) is 0. The third kappa shape index (κ3) is 3.38. The lowest BCUT2D eigenvalue weighted by Gasteiger charge is -2.16. The molecule has 2 nitrogen and oxygen atoms in total. The van der Waals surface area contributed by atoms with Crippen molar-refractivity contribution in [1.29, 1.82) is 0 Å². The van der Waals surface area contributed by atoms with Gasteiger partial charge in [-0.2, -0.15) is 0 Å². The van der Waals surface area contributed by atoms with Gasteiger partial charge in [0.05, 0.1) is 0 Å². The predicted molar refractivity (Wildman–Crippen MR) is 86.1 cm³/mol. The van der Waals surface area contributed by atoms with Gasteiger partial charge in [0.1, 0.15) is 0 Å². The van der Waals surface area contributed by atoms with E-state index in [0.29, 0.717) is 0 Å². The summed E-state index contributed by atoms with van der Waals surface area (Å²) in [6.45, 7) is 7.40. The van der Waals surface area contributed by atoms with Crippen LogP contribution in [0.25, 0.3) is 11.1 Å². The van der Waals surface area contributed by atoms with Gasteiger partial charge in [-0.3, -0.25) is 4.98 Å². The highest BCUT2D eigenvalue weighted by Gasteiger charge is 2.10. The molecule has 2 rings (SSSR count). The fourth-order valence-electron chi connectivity index (χ4n) is 2.28. The molecule has 0 saturated heterocycles. The van der Waals surface area contributed by atoms with Crippen molar-refractivity contribution in [3.05, 3.63) is 52.8 Å². The summed E-state index contributed by atoms with van der Waals surface area (Å²) in [5, 5.41) is 4.27. The molecule has 0 radical (unpaired) electrons. The SMILES string of the molecule is CCCNC(C)c1ccc(-c2cnccc2C)cc1Cl. The molecule has 0 saturated carbocycles. The summed E-state index contributed by atoms with van der Waals surface area (Å²) in [6.07, 6.45) is 4.82. The summed E-state index contributed by atoms with van der Waals surface area (Å²) in [5.41, 5.74) is 4.61. The van der Waals surface area contributed by atoms with E-state index in [1.807, 2.05) is 24.5 Å². The molecule has 1 N–H and O–H groups in total. The lowest BCUT2D eigenvalue weighted by atomic mass is 9.99. The van der Waals surface area contributed by atoms with Crippen LogP contribution in [0.2, 0.25) is 5.02 Å². The Morgan fingerprint density at radius 1 is 1.30 bits per heavy atom. The Morgan fingerprint density at radius 3 is 2.75 bits per heavy atom. The molecule has 0 spiro atoms. The highest BCUT2D eigenvalue weighted by atomic mass is 35.5. The molecular weight excluding hydrogens is 268 g/mol. The number of nitrogens with zero attached hydrogens (tertiary/aromatic N) is 1. The number of hydrogen-bond donors (Lipinski definition) is 1. The van der Waals surface area contributed by atoms with E-state index in [0.717, 1.165) is 34.7 Å². The van der Waals surface area contributed by atoms with E-state index in [1.165, 1.54) is 5.56 Å². The fraction of sp³-hybridized carbons (Fsp3) is 0.353. The van der Waals surface area contributed by atoms with Crippen molar-refractivity contribution in [2.75, 3.05) is 6.54 Å². The van der Waals surface area contributed by atoms with Crippen LogP contribution in [0.15, 0.2) is 36.7 Å². The summed E-state index contributed by atoms with van der Waals surface area (Å²) in [6, 6.07) is 8.55. The van der Waals surface area contributed by atoms with E-state index in [4.69, 9.17) is 11.6 Å². The van der Waals surface area contributed by atoms with E-state index < -0.39 is 0 Å². The van der Waals surface area contributed by atoms with Crippen LogP contribution in [0.5, 0.6) is 0 Å². The van der Waals surface area contributed by atoms with Crippen molar-refractivity contribution in [2.24, 2.45) is 0 Å². The van der Waals surface area contributed by atoms with E-state index in [-0.39, 0.29) is 6.04 Å². The Balaban J connectivity index is 2.28. The zero-order valence-electron chi connectivity index (χ0n) is 12.3. The maximum atomic E-state index is 6.45. The second kappa shape index (κ2) is 6.87. The van der Waals surface area contributed by atoms with Crippen molar-refractivity contribution in [3.63, 3.8) is 0 Å². The summed E-state index contributed by atoms with van der Waals surface area (Å²) in [7, 11) is 0. The first-order chi connectivity index (χ1) is 9.63. The first-order valence-electron chi connectivity index (χ1n) is 7.07. The lowest BCUT2D eigenvalue weighted by molar-refractivity contribution is 0.571. The molecule has 1 heterocycles. The molecule has 0 fully saturated rings. The van der Waals surface area contributed by atoms with Gasteiger partial charge >= 0.3 is 0 Å². The standard InChI is InChI=1S/C17H21ClN2/c1-4-8-20-13(3)15-6-5-14(10-17(15)18)16-11-19-9-7-12(16)2/h5-7,9-11,13,20H,4,8H2,1-3H3. The summed E-state index contributed by atoms with van der Waals surface area (Å²) in [4.78, 5) is 4.19. The first kappa shape index (κ1) is 15.0. The van der Waals surface area contributed by atoms with Crippen LogP contribution in [0.4, 0.5) is 0 Å². The van der Waals surface area contributed by atoms with E-state index in [1.54, 1.807) is 0 Å². The van der Waals surface area contributed by atoms with Crippen LogP contribution in [0.1, 0.15) is 37.4 Å². The van der Waals surface area contributed by atoms with Gasteiger partial charge in [0.15, 0.2) is 0 Å². The Bertz CT molecular complexity index is 581. The molecule has 0 aliphatic rings. The van der Waals surface area contributed by atoms with Gasteiger partial charge in [-0.25, -0.2) is 0 Å². The van der Waals surface area contributed by atoms with Gasteiger partial charge in [0.2, 0.25) is 0 Å². The zero-order chi connectivity index (χ0) is 14.5. The topological polar surface area (TPSA) is 24.9 Å². The number of aryl methyl sites for hydroxylation is 1. The van der Waals surface area contributed by atoms with Gasteiger partial charge in [-0.15, -0.1) is 0 Å². The highest BCUT2D eigenvalue weighted by Crippen LogP contribution is 2.30. The Labute approximate surface area is 126 Å². The number of hydrogen-bond acceptors (Lipinski definition) is 2. The van der Waals surface area contributed by atoms with E-state index in [9.17, 15) is 0 Å². The smallest absolute Gasteiger partial charge is 0.0459 e. The molecule has 1 aromatic carbocycles. The number of halogens is 1. The van der Waals surface area contributed by atoms with Crippen LogP contribution in [-0.2, 0) is 0 Å². The Kier molecular flexibility index (Phi) is 5.16. The second-order valence-corrected chi connectivity index (χ2v) is 5.51. The minimum absolute atomic E-state index is 0.270. The van der Waals surface area contributed by atoms with Crippen molar-refractivity contribution >= 4 is 11.6 Å². The highest BCUT2D eigenvalue weighted by molar-refractivity contribution is 6.31. The molecule has 0 aliphatic carbocycles. The van der Waals surface area contributed by atoms with Crippen LogP contribution < -0.4 is 5.32 Å². The molecule has 2 aromatic rings. The minimum Gasteiger partial charge on any atom is -0.310 e. The van der Waals surface area contributed by atoms with Crippen molar-refractivity contribution < 1.29 is 0 Å². The van der Waals surface area contributed by atoms with E-state index >= 15 is 0 Å². The summed E-state index contributed by atoms with van der Waals surface area (Å²) >= 11 is 6.45. The monoisotopic (exact) mass is 288 g/mol. The first-order valence-corrected chi connectivity index (χ1v) is 7.45. The zero-order valence-corrected chi connectivity index (χ0v) is 13.0. The maximum absolute atomic E-state index is 6.45. The van der Waals surface area contributed by atoms with Crippen LogP contribution in [0.3, 0.4) is 0 Å². The van der Waals surface area contributed by atoms with Crippen LogP contribution in [0, 0.1) is 6.92 Å². The van der Waals surface area contributed by atoms with E-state index in [2.05, 4.69) is 43.2 Å². The molecule has 20 heavy (non-hydrogen) atoms. The van der Waals surface area contributed by atoms with Crippen molar-refractivity contribution in [2.45, 2.75) is 33.2 Å². The molecule has 1 aromatic heterocycles.